The van der Waals surface area contributed by atoms with Crippen LogP contribution >= 0.6 is 0 Å². The zero-order valence-electron chi connectivity index (χ0n) is 20.6. The summed E-state index contributed by atoms with van der Waals surface area (Å²) in [5.41, 5.74) is 0.767. The molecule has 0 heterocycles. The van der Waals surface area contributed by atoms with E-state index >= 15 is 0 Å². The second-order valence-electron chi connectivity index (χ2n) is 8.73. The summed E-state index contributed by atoms with van der Waals surface area (Å²) in [5.74, 6) is -0.165. The molecule has 2 rings (SSSR count). The zero-order chi connectivity index (χ0) is 24.6. The third-order valence-corrected chi connectivity index (χ3v) is 8.40. The van der Waals surface area contributed by atoms with Crippen molar-refractivity contribution in [2.24, 2.45) is 0 Å². The first-order valence-corrected chi connectivity index (χ1v) is 12.9. The minimum atomic E-state index is -4.11. The molecule has 1 atom stereocenters. The van der Waals surface area contributed by atoms with Gasteiger partial charge in [0.2, 0.25) is 0 Å². The van der Waals surface area contributed by atoms with Crippen molar-refractivity contribution in [3.8, 4) is 5.75 Å². The molecule has 0 saturated carbocycles. The Balaban J connectivity index is 2.66. The van der Waals surface area contributed by atoms with Gasteiger partial charge in [0, 0.05) is 25.0 Å². The molecular weight excluding hydrogens is 438 g/mol. The average molecular weight is 476 g/mol. The maximum absolute atomic E-state index is 14.2. The van der Waals surface area contributed by atoms with Crippen molar-refractivity contribution in [2.45, 2.75) is 69.2 Å². The lowest BCUT2D eigenvalue weighted by molar-refractivity contribution is -0.146. The van der Waals surface area contributed by atoms with E-state index in [9.17, 15) is 13.2 Å². The first kappa shape index (κ1) is 26.9. The van der Waals surface area contributed by atoms with Crippen molar-refractivity contribution in [1.29, 1.82) is 0 Å². The Morgan fingerprint density at radius 3 is 2.03 bits per heavy atom. The first-order valence-electron chi connectivity index (χ1n) is 11.4. The number of carbonyl (C=O) groups excluding carboxylic acids is 1. The molecule has 2 aromatic carbocycles. The monoisotopic (exact) mass is 475 g/mol. The fourth-order valence-corrected chi connectivity index (χ4v) is 6.13. The van der Waals surface area contributed by atoms with Crippen LogP contribution in [0.15, 0.2) is 59.5 Å². The molecule has 182 valence electrons. The largest absolute Gasteiger partial charge is 0.497 e. The van der Waals surface area contributed by atoms with Gasteiger partial charge >= 0.3 is 5.97 Å². The molecule has 0 spiro atoms. The van der Waals surface area contributed by atoms with Gasteiger partial charge in [-0.15, -0.1) is 0 Å². The van der Waals surface area contributed by atoms with E-state index in [4.69, 9.17) is 9.47 Å². The third-order valence-electron chi connectivity index (χ3n) is 5.96. The highest BCUT2D eigenvalue weighted by Crippen LogP contribution is 2.35. The number of hydrogen-bond acceptors (Lipinski definition) is 6. The van der Waals surface area contributed by atoms with Gasteiger partial charge in [-0.2, -0.15) is 0 Å². The van der Waals surface area contributed by atoms with Gasteiger partial charge in [0.1, 0.15) is 5.75 Å². The summed E-state index contributed by atoms with van der Waals surface area (Å²) in [7, 11) is -2.59. The summed E-state index contributed by atoms with van der Waals surface area (Å²) in [5, 5.41) is 0. The van der Waals surface area contributed by atoms with Crippen LogP contribution in [0.3, 0.4) is 0 Å². The van der Waals surface area contributed by atoms with Gasteiger partial charge in [0.25, 0.3) is 0 Å². The van der Waals surface area contributed by atoms with E-state index in [-0.39, 0.29) is 36.4 Å². The van der Waals surface area contributed by atoms with Crippen molar-refractivity contribution in [2.75, 3.05) is 20.3 Å². The quantitative estimate of drug-likeness (QED) is 0.420. The number of ether oxygens (including phenoxy) is 2. The van der Waals surface area contributed by atoms with Crippen molar-refractivity contribution >= 4 is 15.8 Å². The minimum Gasteiger partial charge on any atom is -0.497 e. The van der Waals surface area contributed by atoms with Gasteiger partial charge in [-0.3, -0.25) is 9.69 Å². The summed E-state index contributed by atoms with van der Waals surface area (Å²) < 4.78 is 37.2. The number of esters is 1. The normalized spacial score (nSPS) is 13.8. The lowest BCUT2D eigenvalue weighted by Gasteiger charge is -2.36. The molecular formula is C26H37NO5S. The molecule has 0 saturated heterocycles. The van der Waals surface area contributed by atoms with Gasteiger partial charge in [-0.05, 0) is 70.9 Å². The number of rotatable bonds is 12. The average Bonchev–Trinajstić information content (AvgIpc) is 2.78. The fraction of sp³-hybridized carbons (Fsp3) is 0.500. The molecule has 0 radical (unpaired) electrons. The van der Waals surface area contributed by atoms with Crippen molar-refractivity contribution in [3.63, 3.8) is 0 Å². The number of sulfone groups is 1. The molecule has 0 aromatic heterocycles. The van der Waals surface area contributed by atoms with E-state index in [1.807, 2.05) is 30.3 Å². The molecule has 7 heteroatoms. The van der Waals surface area contributed by atoms with E-state index in [0.29, 0.717) is 12.3 Å². The van der Waals surface area contributed by atoms with E-state index in [0.717, 1.165) is 5.56 Å². The Morgan fingerprint density at radius 2 is 1.55 bits per heavy atom. The highest BCUT2D eigenvalue weighted by molar-refractivity contribution is 7.93. The van der Waals surface area contributed by atoms with E-state index in [2.05, 4.69) is 32.6 Å². The van der Waals surface area contributed by atoms with Gasteiger partial charge < -0.3 is 9.47 Å². The highest BCUT2D eigenvalue weighted by atomic mass is 32.2. The smallest absolute Gasteiger partial charge is 0.328 e. The van der Waals surface area contributed by atoms with Crippen LogP contribution in [0.4, 0.5) is 0 Å². The number of benzene rings is 2. The van der Waals surface area contributed by atoms with E-state index in [1.54, 1.807) is 19.1 Å². The molecule has 0 aliphatic carbocycles. The maximum Gasteiger partial charge on any atom is 0.328 e. The van der Waals surface area contributed by atoms with E-state index in [1.165, 1.54) is 19.2 Å². The maximum atomic E-state index is 14.2. The number of carbonyl (C=O) groups is 1. The topological polar surface area (TPSA) is 72.9 Å². The minimum absolute atomic E-state index is 0.0328. The number of hydrogen-bond donors (Lipinski definition) is 0. The van der Waals surface area contributed by atoms with E-state index < -0.39 is 20.6 Å². The van der Waals surface area contributed by atoms with Gasteiger partial charge in [-0.1, -0.05) is 30.3 Å². The Hall–Kier alpha value is -2.38. The van der Waals surface area contributed by atoms with Crippen LogP contribution in [0.1, 0.15) is 46.6 Å². The molecule has 0 aliphatic rings. The molecule has 1 unspecified atom stereocenters. The van der Waals surface area contributed by atoms with Crippen molar-refractivity contribution in [3.05, 3.63) is 60.2 Å². The lowest BCUT2D eigenvalue weighted by Crippen LogP contribution is -2.52. The second kappa shape index (κ2) is 11.7. The van der Waals surface area contributed by atoms with Crippen LogP contribution in [0, 0.1) is 0 Å². The number of methoxy groups -OCH3 is 1. The Bertz CT molecular complexity index is 979. The molecule has 0 aliphatic heterocycles. The van der Waals surface area contributed by atoms with Crippen LogP contribution < -0.4 is 4.74 Å². The lowest BCUT2D eigenvalue weighted by atomic mass is 9.94. The predicted octanol–water partition coefficient (Wildman–Crippen LogP) is 4.52. The number of nitrogens with zero attached hydrogens (tertiary/aromatic N) is 1. The van der Waals surface area contributed by atoms with Crippen LogP contribution in [-0.2, 0) is 25.8 Å². The van der Waals surface area contributed by atoms with Gasteiger partial charge in [-0.25, -0.2) is 8.42 Å². The molecule has 2 aromatic rings. The third kappa shape index (κ3) is 6.15. The first-order chi connectivity index (χ1) is 15.6. The summed E-state index contributed by atoms with van der Waals surface area (Å²) in [4.78, 5) is 15.8. The fourth-order valence-electron chi connectivity index (χ4n) is 4.19. The standard InChI is InChI=1S/C26H37NO5S/c1-7-32-25(28)26(19-22-11-9-8-10-12-22,17-18-27(20(2)3)21(4)5)33(29,30)24-15-13-23(31-6)14-16-24/h8-16,20-21H,7,17-19H2,1-6H3. The highest BCUT2D eigenvalue weighted by Gasteiger charge is 2.52. The predicted molar refractivity (Wildman–Crippen MR) is 131 cm³/mol. The Kier molecular flexibility index (Phi) is 9.49. The SMILES string of the molecule is CCOC(=O)C(CCN(C(C)C)C(C)C)(Cc1ccccc1)S(=O)(=O)c1ccc(OC)cc1. The summed E-state index contributed by atoms with van der Waals surface area (Å²) in [6, 6.07) is 15.8. The molecule has 33 heavy (non-hydrogen) atoms. The molecule has 6 nitrogen and oxygen atoms in total. The molecule has 0 N–H and O–H groups in total. The Morgan fingerprint density at radius 1 is 0.970 bits per heavy atom. The molecule has 0 amide bonds. The van der Waals surface area contributed by atoms with Gasteiger partial charge in [0.05, 0.1) is 18.6 Å². The van der Waals surface area contributed by atoms with Crippen LogP contribution in [0.5, 0.6) is 5.75 Å². The summed E-state index contributed by atoms with van der Waals surface area (Å²) >= 11 is 0. The van der Waals surface area contributed by atoms with Gasteiger partial charge in [0.15, 0.2) is 14.6 Å². The van der Waals surface area contributed by atoms with Crippen molar-refractivity contribution in [1.82, 2.24) is 4.90 Å². The van der Waals surface area contributed by atoms with Crippen LogP contribution in [0.25, 0.3) is 0 Å². The van der Waals surface area contributed by atoms with Crippen LogP contribution in [-0.4, -0.2) is 56.4 Å². The zero-order valence-corrected chi connectivity index (χ0v) is 21.4. The Labute approximate surface area is 198 Å². The molecule has 0 fully saturated rings. The molecule has 0 bridgehead atoms. The summed E-state index contributed by atoms with van der Waals surface area (Å²) in [6.45, 7) is 10.5. The second-order valence-corrected chi connectivity index (χ2v) is 11.0. The van der Waals surface area contributed by atoms with Crippen LogP contribution in [0.2, 0.25) is 0 Å². The summed E-state index contributed by atoms with van der Waals surface area (Å²) in [6.07, 6.45) is 0.149. The van der Waals surface area contributed by atoms with Crippen molar-refractivity contribution < 1.29 is 22.7 Å².